The maximum Gasteiger partial charge on any atom is 0.255 e. The summed E-state index contributed by atoms with van der Waals surface area (Å²) in [5, 5.41) is 1.13. The second-order valence-corrected chi connectivity index (χ2v) is 6.11. The molecule has 98 valence electrons. The van der Waals surface area contributed by atoms with Crippen LogP contribution >= 0.6 is 15.9 Å². The molecule has 0 atom stereocenters. The summed E-state index contributed by atoms with van der Waals surface area (Å²) in [6.07, 6.45) is 2.98. The number of sulfonamides is 1. The van der Waals surface area contributed by atoms with E-state index < -0.39 is 10.0 Å². The molecule has 1 aromatic heterocycles. The lowest BCUT2D eigenvalue weighted by molar-refractivity contribution is 0.609. The molecule has 0 fully saturated rings. The molecular formula is C13H11BrN2O2S. The van der Waals surface area contributed by atoms with Gasteiger partial charge in [-0.2, -0.15) is 0 Å². The Morgan fingerprint density at radius 2 is 1.84 bits per heavy atom. The van der Waals surface area contributed by atoms with Crippen LogP contribution in [0.15, 0.2) is 58.7 Å². The lowest BCUT2D eigenvalue weighted by atomic mass is 10.2. The molecule has 2 rings (SSSR count). The van der Waals surface area contributed by atoms with Gasteiger partial charge in [0, 0.05) is 0 Å². The van der Waals surface area contributed by atoms with Gasteiger partial charge in [-0.3, -0.25) is 4.72 Å². The Morgan fingerprint density at radius 1 is 1.11 bits per heavy atom. The number of rotatable bonds is 4. The van der Waals surface area contributed by atoms with Gasteiger partial charge in [0.1, 0.15) is 4.60 Å². The normalized spacial score (nSPS) is 11.6. The Morgan fingerprint density at radius 3 is 2.47 bits per heavy atom. The van der Waals surface area contributed by atoms with Gasteiger partial charge in [0.05, 0.1) is 17.3 Å². The summed E-state index contributed by atoms with van der Waals surface area (Å²) in [6.45, 7) is 0. The van der Waals surface area contributed by atoms with Crippen LogP contribution in [-0.2, 0) is 10.0 Å². The van der Waals surface area contributed by atoms with Gasteiger partial charge in [-0.05, 0) is 39.7 Å². The number of pyridine rings is 1. The van der Waals surface area contributed by atoms with E-state index in [4.69, 9.17) is 0 Å². The van der Waals surface area contributed by atoms with Gasteiger partial charge in [-0.15, -0.1) is 0 Å². The quantitative estimate of drug-likeness (QED) is 0.870. The molecule has 1 N–H and O–H groups in total. The zero-order chi connectivity index (χ0) is 13.7. The minimum Gasteiger partial charge on any atom is -0.279 e. The van der Waals surface area contributed by atoms with Crippen molar-refractivity contribution in [1.82, 2.24) is 4.98 Å². The van der Waals surface area contributed by atoms with E-state index >= 15 is 0 Å². The number of nitrogens with zero attached hydrogens (tertiary/aromatic N) is 1. The summed E-state index contributed by atoms with van der Waals surface area (Å²) in [7, 11) is -3.53. The smallest absolute Gasteiger partial charge is 0.255 e. The van der Waals surface area contributed by atoms with Crippen molar-refractivity contribution < 1.29 is 8.42 Å². The van der Waals surface area contributed by atoms with Crippen LogP contribution in [0.1, 0.15) is 5.56 Å². The first-order chi connectivity index (χ1) is 9.05. The zero-order valence-corrected chi connectivity index (χ0v) is 12.2. The molecule has 1 aromatic carbocycles. The van der Waals surface area contributed by atoms with Crippen LogP contribution < -0.4 is 4.72 Å². The summed E-state index contributed by atoms with van der Waals surface area (Å²) in [6, 6.07) is 12.5. The molecule has 0 amide bonds. The van der Waals surface area contributed by atoms with E-state index in [1.165, 1.54) is 12.3 Å². The predicted molar refractivity (Wildman–Crippen MR) is 80.0 cm³/mol. The molecule has 4 nitrogen and oxygen atoms in total. The summed E-state index contributed by atoms with van der Waals surface area (Å²) < 4.78 is 26.7. The topological polar surface area (TPSA) is 59.1 Å². The molecule has 0 aliphatic carbocycles. The number of nitrogens with one attached hydrogen (secondary N) is 1. The average Bonchev–Trinajstić information content (AvgIpc) is 2.40. The molecule has 0 aliphatic heterocycles. The van der Waals surface area contributed by atoms with Gasteiger partial charge in [-0.1, -0.05) is 30.3 Å². The molecule has 0 radical (unpaired) electrons. The molecule has 0 saturated carbocycles. The number of hydrogen-bond donors (Lipinski definition) is 1. The van der Waals surface area contributed by atoms with Crippen LogP contribution in [0.3, 0.4) is 0 Å². The molecule has 1 heterocycles. The van der Waals surface area contributed by atoms with Crippen LogP contribution in [-0.4, -0.2) is 13.4 Å². The van der Waals surface area contributed by atoms with Crippen molar-refractivity contribution in [1.29, 1.82) is 0 Å². The molecule has 0 saturated heterocycles. The van der Waals surface area contributed by atoms with Crippen molar-refractivity contribution >= 4 is 37.7 Å². The van der Waals surface area contributed by atoms with E-state index in [-0.39, 0.29) is 0 Å². The third kappa shape index (κ3) is 4.50. The maximum atomic E-state index is 11.8. The van der Waals surface area contributed by atoms with Gasteiger partial charge in [0.25, 0.3) is 10.0 Å². The lowest BCUT2D eigenvalue weighted by Crippen LogP contribution is -2.08. The van der Waals surface area contributed by atoms with E-state index in [2.05, 4.69) is 25.6 Å². The van der Waals surface area contributed by atoms with E-state index in [0.717, 1.165) is 11.0 Å². The number of aromatic nitrogens is 1. The molecule has 0 bridgehead atoms. The van der Waals surface area contributed by atoms with E-state index in [1.54, 1.807) is 12.1 Å². The highest BCUT2D eigenvalue weighted by Gasteiger charge is 2.05. The van der Waals surface area contributed by atoms with E-state index in [0.29, 0.717) is 10.3 Å². The Labute approximate surface area is 120 Å². The standard InChI is InChI=1S/C13H11BrN2O2S/c14-13-7-6-12(10-15-13)16-19(17,18)9-8-11-4-2-1-3-5-11/h1-10,16H/b9-8+. The fourth-order valence-corrected chi connectivity index (χ4v) is 2.45. The van der Waals surface area contributed by atoms with Gasteiger partial charge in [-0.25, -0.2) is 13.4 Å². The minimum absolute atomic E-state index is 0.418. The molecule has 0 unspecified atom stereocenters. The fourth-order valence-electron chi connectivity index (χ4n) is 1.37. The average molecular weight is 339 g/mol. The molecule has 6 heteroatoms. The second-order valence-electron chi connectivity index (χ2n) is 3.73. The number of hydrogen-bond acceptors (Lipinski definition) is 3. The molecule has 2 aromatic rings. The first-order valence-electron chi connectivity index (χ1n) is 5.43. The van der Waals surface area contributed by atoms with Crippen LogP contribution in [0.4, 0.5) is 5.69 Å². The van der Waals surface area contributed by atoms with E-state index in [1.807, 2.05) is 30.3 Å². The minimum atomic E-state index is -3.53. The largest absolute Gasteiger partial charge is 0.279 e. The fraction of sp³-hybridized carbons (Fsp3) is 0. The van der Waals surface area contributed by atoms with Crippen molar-refractivity contribution in [3.63, 3.8) is 0 Å². The highest BCUT2D eigenvalue weighted by molar-refractivity contribution is 9.10. The third-order valence-electron chi connectivity index (χ3n) is 2.23. The maximum absolute atomic E-state index is 11.8. The Balaban J connectivity index is 2.11. The van der Waals surface area contributed by atoms with E-state index in [9.17, 15) is 8.42 Å². The van der Waals surface area contributed by atoms with Crippen LogP contribution in [0.5, 0.6) is 0 Å². The second kappa shape index (κ2) is 5.99. The van der Waals surface area contributed by atoms with Crippen LogP contribution in [0.2, 0.25) is 0 Å². The van der Waals surface area contributed by atoms with Crippen molar-refractivity contribution in [2.75, 3.05) is 4.72 Å². The van der Waals surface area contributed by atoms with Crippen LogP contribution in [0, 0.1) is 0 Å². The third-order valence-corrected chi connectivity index (χ3v) is 3.71. The highest BCUT2D eigenvalue weighted by atomic mass is 79.9. The van der Waals surface area contributed by atoms with Crippen molar-refractivity contribution in [2.24, 2.45) is 0 Å². The first kappa shape index (κ1) is 13.8. The molecule has 0 spiro atoms. The predicted octanol–water partition coefficient (Wildman–Crippen LogP) is 3.26. The summed E-state index contributed by atoms with van der Waals surface area (Å²) in [4.78, 5) is 3.95. The summed E-state index contributed by atoms with van der Waals surface area (Å²) in [5.41, 5.74) is 1.24. The Hall–Kier alpha value is -1.66. The van der Waals surface area contributed by atoms with Crippen molar-refractivity contribution in [2.45, 2.75) is 0 Å². The van der Waals surface area contributed by atoms with Crippen LogP contribution in [0.25, 0.3) is 6.08 Å². The number of halogens is 1. The van der Waals surface area contributed by atoms with Gasteiger partial charge < -0.3 is 0 Å². The highest BCUT2D eigenvalue weighted by Crippen LogP contribution is 2.13. The summed E-state index contributed by atoms with van der Waals surface area (Å²) in [5.74, 6) is 0. The summed E-state index contributed by atoms with van der Waals surface area (Å²) >= 11 is 3.18. The van der Waals surface area contributed by atoms with Gasteiger partial charge in [0.2, 0.25) is 0 Å². The zero-order valence-electron chi connectivity index (χ0n) is 9.82. The van der Waals surface area contributed by atoms with Crippen molar-refractivity contribution in [3.05, 3.63) is 64.2 Å². The Kier molecular flexibility index (Phi) is 4.34. The monoisotopic (exact) mass is 338 g/mol. The van der Waals surface area contributed by atoms with Crippen molar-refractivity contribution in [3.8, 4) is 0 Å². The number of anilines is 1. The van der Waals surface area contributed by atoms with Gasteiger partial charge >= 0.3 is 0 Å². The Bertz CT molecular complexity index is 668. The molecule has 0 aliphatic rings. The first-order valence-corrected chi connectivity index (χ1v) is 7.77. The lowest BCUT2D eigenvalue weighted by Gasteiger charge is -2.03. The van der Waals surface area contributed by atoms with Gasteiger partial charge in [0.15, 0.2) is 0 Å². The molecule has 19 heavy (non-hydrogen) atoms. The SMILES string of the molecule is O=S(=O)(/C=C/c1ccccc1)Nc1ccc(Br)nc1. The molecular weight excluding hydrogens is 328 g/mol. The number of benzene rings is 1.